The van der Waals surface area contributed by atoms with Crippen molar-refractivity contribution in [1.82, 2.24) is 5.32 Å². The molecular weight excluding hydrogens is 331 g/mol. The number of alkyl halides is 3. The minimum Gasteiger partial charge on any atom is -0.484 e. The van der Waals surface area contributed by atoms with Crippen LogP contribution in [0.2, 0.25) is 5.02 Å². The fourth-order valence-electron chi connectivity index (χ4n) is 2.18. The van der Waals surface area contributed by atoms with E-state index in [-0.39, 0.29) is 17.6 Å². The van der Waals surface area contributed by atoms with Crippen LogP contribution >= 0.6 is 11.6 Å². The second-order valence-electron chi connectivity index (χ2n) is 5.12. The maximum Gasteiger partial charge on any atom is 0.573 e. The summed E-state index contributed by atoms with van der Waals surface area (Å²) in [5, 5.41) is 3.49. The van der Waals surface area contributed by atoms with E-state index in [1.165, 1.54) is 12.1 Å². The van der Waals surface area contributed by atoms with E-state index in [1.54, 1.807) is 30.3 Å². The Balaban J connectivity index is 1.94. The molecule has 2 aromatic rings. The topological polar surface area (TPSA) is 30.5 Å². The standard InChI is InChI=1S/C16H13ClF3NO2/c17-12-3-1-2-10(6-12)11-4-5-14(22-13-8-21-9-13)15(7-11)23-16(18,19)20/h1-7,13,21H,8-9H2. The van der Waals surface area contributed by atoms with Gasteiger partial charge in [0, 0.05) is 18.1 Å². The molecular formula is C16H13ClF3NO2. The molecule has 23 heavy (non-hydrogen) atoms. The fourth-order valence-corrected chi connectivity index (χ4v) is 2.37. The van der Waals surface area contributed by atoms with Gasteiger partial charge in [0.05, 0.1) is 0 Å². The van der Waals surface area contributed by atoms with Crippen LogP contribution in [-0.2, 0) is 0 Å². The molecule has 122 valence electrons. The molecule has 3 nitrogen and oxygen atoms in total. The normalized spacial score (nSPS) is 15.1. The Bertz CT molecular complexity index is 702. The lowest BCUT2D eigenvalue weighted by molar-refractivity contribution is -0.275. The van der Waals surface area contributed by atoms with Gasteiger partial charge in [0.15, 0.2) is 11.5 Å². The second-order valence-corrected chi connectivity index (χ2v) is 5.55. The SMILES string of the molecule is FC(F)(F)Oc1cc(-c2cccc(Cl)c2)ccc1OC1CNC1. The highest BCUT2D eigenvalue weighted by Crippen LogP contribution is 2.37. The molecule has 7 heteroatoms. The maximum atomic E-state index is 12.6. The highest BCUT2D eigenvalue weighted by molar-refractivity contribution is 6.30. The van der Waals surface area contributed by atoms with Gasteiger partial charge in [-0.3, -0.25) is 0 Å². The van der Waals surface area contributed by atoms with Crippen molar-refractivity contribution in [2.75, 3.05) is 13.1 Å². The Morgan fingerprint density at radius 1 is 1.00 bits per heavy atom. The van der Waals surface area contributed by atoms with Crippen molar-refractivity contribution in [3.05, 3.63) is 47.5 Å². The lowest BCUT2D eigenvalue weighted by Gasteiger charge is -2.28. The first kappa shape index (κ1) is 16.0. The van der Waals surface area contributed by atoms with Gasteiger partial charge in [0.2, 0.25) is 0 Å². The molecule has 1 N–H and O–H groups in total. The third-order valence-electron chi connectivity index (χ3n) is 3.36. The quantitative estimate of drug-likeness (QED) is 0.900. The van der Waals surface area contributed by atoms with Crippen molar-refractivity contribution >= 4 is 11.6 Å². The summed E-state index contributed by atoms with van der Waals surface area (Å²) in [6, 6.07) is 11.3. The Labute approximate surface area is 136 Å². The van der Waals surface area contributed by atoms with E-state index in [1.807, 2.05) is 0 Å². The fraction of sp³-hybridized carbons (Fsp3) is 0.250. The van der Waals surface area contributed by atoms with Gasteiger partial charge in [-0.1, -0.05) is 29.8 Å². The number of ether oxygens (including phenoxy) is 2. The molecule has 0 saturated carbocycles. The van der Waals surface area contributed by atoms with Gasteiger partial charge in [-0.15, -0.1) is 13.2 Å². The maximum absolute atomic E-state index is 12.6. The molecule has 0 bridgehead atoms. The summed E-state index contributed by atoms with van der Waals surface area (Å²) in [6.45, 7) is 1.20. The van der Waals surface area contributed by atoms with Crippen LogP contribution in [0.1, 0.15) is 0 Å². The van der Waals surface area contributed by atoms with Crippen molar-refractivity contribution in [2.45, 2.75) is 12.5 Å². The van der Waals surface area contributed by atoms with Gasteiger partial charge in [-0.05, 0) is 35.4 Å². The first-order valence-corrected chi connectivity index (χ1v) is 7.31. The van der Waals surface area contributed by atoms with E-state index in [0.717, 1.165) is 0 Å². The van der Waals surface area contributed by atoms with Crippen molar-refractivity contribution in [3.63, 3.8) is 0 Å². The molecule has 1 aliphatic heterocycles. The smallest absolute Gasteiger partial charge is 0.484 e. The zero-order valence-corrected chi connectivity index (χ0v) is 12.6. The van der Waals surface area contributed by atoms with Gasteiger partial charge in [-0.25, -0.2) is 0 Å². The molecule has 3 rings (SSSR count). The first-order valence-electron chi connectivity index (χ1n) is 6.94. The molecule has 1 saturated heterocycles. The molecule has 0 unspecified atom stereocenters. The average molecular weight is 344 g/mol. The van der Waals surface area contributed by atoms with Crippen LogP contribution in [0.15, 0.2) is 42.5 Å². The third kappa shape index (κ3) is 4.09. The van der Waals surface area contributed by atoms with Crippen LogP contribution in [0.25, 0.3) is 11.1 Å². The average Bonchev–Trinajstić information content (AvgIpc) is 2.42. The van der Waals surface area contributed by atoms with Crippen LogP contribution in [0.3, 0.4) is 0 Å². The Morgan fingerprint density at radius 3 is 2.35 bits per heavy atom. The Morgan fingerprint density at radius 2 is 1.74 bits per heavy atom. The highest BCUT2D eigenvalue weighted by Gasteiger charge is 2.33. The Hall–Kier alpha value is -1.92. The predicted octanol–water partition coefficient (Wildman–Crippen LogP) is 4.26. The number of nitrogens with one attached hydrogen (secondary N) is 1. The predicted molar refractivity (Wildman–Crippen MR) is 80.9 cm³/mol. The number of rotatable bonds is 4. The van der Waals surface area contributed by atoms with Gasteiger partial charge in [0.1, 0.15) is 6.10 Å². The van der Waals surface area contributed by atoms with Crippen LogP contribution in [0.5, 0.6) is 11.5 Å². The summed E-state index contributed by atoms with van der Waals surface area (Å²) < 4.78 is 47.6. The van der Waals surface area contributed by atoms with Crippen LogP contribution < -0.4 is 14.8 Å². The molecule has 0 radical (unpaired) electrons. The molecule has 1 heterocycles. The van der Waals surface area contributed by atoms with E-state index in [9.17, 15) is 13.2 Å². The lowest BCUT2D eigenvalue weighted by atomic mass is 10.1. The number of hydrogen-bond acceptors (Lipinski definition) is 3. The third-order valence-corrected chi connectivity index (χ3v) is 3.60. The minimum atomic E-state index is -4.79. The largest absolute Gasteiger partial charge is 0.573 e. The van der Waals surface area contributed by atoms with Gasteiger partial charge in [-0.2, -0.15) is 0 Å². The van der Waals surface area contributed by atoms with Crippen molar-refractivity contribution in [1.29, 1.82) is 0 Å². The Kier molecular flexibility index (Phi) is 4.37. The molecule has 0 spiro atoms. The summed E-state index contributed by atoms with van der Waals surface area (Å²) in [4.78, 5) is 0. The van der Waals surface area contributed by atoms with Crippen molar-refractivity contribution in [3.8, 4) is 22.6 Å². The van der Waals surface area contributed by atoms with Crippen molar-refractivity contribution in [2.24, 2.45) is 0 Å². The van der Waals surface area contributed by atoms with Crippen LogP contribution in [0, 0.1) is 0 Å². The summed E-state index contributed by atoms with van der Waals surface area (Å²) in [5.74, 6) is -0.290. The van der Waals surface area contributed by atoms with Crippen LogP contribution in [0.4, 0.5) is 13.2 Å². The monoisotopic (exact) mass is 343 g/mol. The lowest BCUT2D eigenvalue weighted by Crippen LogP contribution is -2.50. The molecule has 0 aliphatic carbocycles. The number of benzene rings is 2. The van der Waals surface area contributed by atoms with Gasteiger partial charge < -0.3 is 14.8 Å². The molecule has 1 fully saturated rings. The van der Waals surface area contributed by atoms with E-state index in [4.69, 9.17) is 16.3 Å². The highest BCUT2D eigenvalue weighted by atomic mass is 35.5. The van der Waals surface area contributed by atoms with Gasteiger partial charge in [0.25, 0.3) is 0 Å². The zero-order valence-electron chi connectivity index (χ0n) is 11.9. The molecule has 0 aromatic heterocycles. The number of hydrogen-bond donors (Lipinski definition) is 1. The molecule has 2 aromatic carbocycles. The van der Waals surface area contributed by atoms with Gasteiger partial charge >= 0.3 is 6.36 Å². The molecule has 1 aliphatic rings. The van der Waals surface area contributed by atoms with E-state index >= 15 is 0 Å². The molecule has 0 amide bonds. The minimum absolute atomic E-state index is 0.0691. The van der Waals surface area contributed by atoms with E-state index < -0.39 is 6.36 Å². The summed E-state index contributed by atoms with van der Waals surface area (Å²) in [6.07, 6.45) is -4.94. The summed E-state index contributed by atoms with van der Waals surface area (Å²) >= 11 is 5.92. The summed E-state index contributed by atoms with van der Waals surface area (Å²) in [5.41, 5.74) is 1.26. The summed E-state index contributed by atoms with van der Waals surface area (Å²) in [7, 11) is 0. The zero-order chi connectivity index (χ0) is 16.4. The van der Waals surface area contributed by atoms with E-state index in [0.29, 0.717) is 29.2 Å². The van der Waals surface area contributed by atoms with Crippen molar-refractivity contribution < 1.29 is 22.6 Å². The number of halogens is 4. The first-order chi connectivity index (χ1) is 10.9. The molecule has 0 atom stereocenters. The van der Waals surface area contributed by atoms with Crippen LogP contribution in [-0.4, -0.2) is 25.6 Å². The van der Waals surface area contributed by atoms with E-state index in [2.05, 4.69) is 10.1 Å². The second kappa shape index (κ2) is 6.29.